The Morgan fingerprint density at radius 1 is 1.03 bits per heavy atom. The van der Waals surface area contributed by atoms with Crippen LogP contribution >= 0.6 is 0 Å². The van der Waals surface area contributed by atoms with Crippen molar-refractivity contribution in [1.82, 2.24) is 34.3 Å². The molecule has 1 N–H and O–H groups in total. The zero-order valence-corrected chi connectivity index (χ0v) is 22.6. The standard InChI is InChI=1S/C28H32F2N8O/c1-5-36-8-10-37(11-9-36)28(16-39-28)20-6-7-24(31-14-20)34-27-32-15-22(30)25(35-27)19-12-21(29)26-23(13-19)38(17(2)3)18(4)33-26/h6-7,12-15,17H,5,8-11,16H2,1-4H3,(H,31,32,34,35)/t28-/m0/s1. The molecule has 0 unspecified atom stereocenters. The largest absolute Gasteiger partial charge is 0.349 e. The Kier molecular flexibility index (Phi) is 6.52. The van der Waals surface area contributed by atoms with Gasteiger partial charge in [-0.05, 0) is 51.6 Å². The minimum Gasteiger partial charge on any atom is -0.349 e. The van der Waals surface area contributed by atoms with E-state index in [-0.39, 0.29) is 23.2 Å². The first kappa shape index (κ1) is 25.7. The second-order valence-electron chi connectivity index (χ2n) is 10.4. The molecule has 0 aliphatic carbocycles. The normalized spacial score (nSPS) is 20.2. The molecular formula is C28H32F2N8O. The van der Waals surface area contributed by atoms with Crippen LogP contribution in [0.2, 0.25) is 0 Å². The Labute approximate surface area is 225 Å². The van der Waals surface area contributed by atoms with Crippen LogP contribution in [0, 0.1) is 18.6 Å². The maximum atomic E-state index is 15.0. The summed E-state index contributed by atoms with van der Waals surface area (Å²) in [6, 6.07) is 6.86. The third-order valence-electron chi connectivity index (χ3n) is 7.66. The molecule has 2 saturated heterocycles. The van der Waals surface area contributed by atoms with Gasteiger partial charge in [0.15, 0.2) is 17.4 Å². The third kappa shape index (κ3) is 4.64. The van der Waals surface area contributed by atoms with E-state index in [1.807, 2.05) is 37.5 Å². The van der Waals surface area contributed by atoms with Gasteiger partial charge >= 0.3 is 0 Å². The van der Waals surface area contributed by atoms with Crippen molar-refractivity contribution in [2.45, 2.75) is 39.5 Å². The summed E-state index contributed by atoms with van der Waals surface area (Å²) in [6.45, 7) is 13.6. The molecule has 2 aliphatic heterocycles. The molecule has 0 radical (unpaired) electrons. The van der Waals surface area contributed by atoms with E-state index in [0.29, 0.717) is 29.3 Å². The van der Waals surface area contributed by atoms with Gasteiger partial charge in [-0.3, -0.25) is 4.90 Å². The lowest BCUT2D eigenvalue weighted by molar-refractivity contribution is 0.0275. The van der Waals surface area contributed by atoms with E-state index in [1.54, 1.807) is 12.3 Å². The Morgan fingerprint density at radius 3 is 2.44 bits per heavy atom. The van der Waals surface area contributed by atoms with Crippen molar-refractivity contribution in [1.29, 1.82) is 0 Å². The predicted octanol–water partition coefficient (Wildman–Crippen LogP) is 4.62. The Balaban J connectivity index is 1.24. The fraction of sp³-hybridized carbons (Fsp3) is 0.429. The van der Waals surface area contributed by atoms with E-state index in [1.165, 1.54) is 6.07 Å². The first-order valence-electron chi connectivity index (χ1n) is 13.3. The molecule has 5 heterocycles. The number of hydrogen-bond donors (Lipinski definition) is 1. The minimum atomic E-state index is -0.647. The van der Waals surface area contributed by atoms with Gasteiger partial charge in [0.1, 0.15) is 22.9 Å². The molecule has 0 bridgehead atoms. The van der Waals surface area contributed by atoms with Crippen LogP contribution in [0.15, 0.2) is 36.7 Å². The number of pyridine rings is 1. The van der Waals surface area contributed by atoms with Gasteiger partial charge < -0.3 is 19.5 Å². The smallest absolute Gasteiger partial charge is 0.229 e. The van der Waals surface area contributed by atoms with Gasteiger partial charge in [0.25, 0.3) is 0 Å². The van der Waals surface area contributed by atoms with Crippen LogP contribution in [0.25, 0.3) is 22.3 Å². The Bertz CT molecular complexity index is 1510. The highest BCUT2D eigenvalue weighted by Gasteiger charge is 2.52. The maximum absolute atomic E-state index is 15.0. The molecular weight excluding hydrogens is 502 g/mol. The number of fused-ring (bicyclic) bond motifs is 1. The van der Waals surface area contributed by atoms with Crippen molar-refractivity contribution < 1.29 is 13.5 Å². The summed E-state index contributed by atoms with van der Waals surface area (Å²) in [5.74, 6) is 0.192. The molecule has 9 nitrogen and oxygen atoms in total. The zero-order chi connectivity index (χ0) is 27.3. The second kappa shape index (κ2) is 9.89. The van der Waals surface area contributed by atoms with Crippen LogP contribution in [0.1, 0.15) is 38.2 Å². The molecule has 204 valence electrons. The SMILES string of the molecule is CCN1CCN([C@@]2(c3ccc(Nc4ncc(F)c(-c5cc(F)c6nc(C)n(C(C)C)c6c5)n4)nc3)CO2)CC1. The van der Waals surface area contributed by atoms with Crippen molar-refractivity contribution in [3.8, 4) is 11.3 Å². The average molecular weight is 535 g/mol. The van der Waals surface area contributed by atoms with E-state index in [4.69, 9.17) is 4.74 Å². The first-order chi connectivity index (χ1) is 18.8. The summed E-state index contributed by atoms with van der Waals surface area (Å²) >= 11 is 0. The predicted molar refractivity (Wildman–Crippen MR) is 145 cm³/mol. The Morgan fingerprint density at radius 2 is 1.79 bits per heavy atom. The molecule has 1 aromatic carbocycles. The summed E-state index contributed by atoms with van der Waals surface area (Å²) < 4.78 is 37.7. The van der Waals surface area contributed by atoms with Crippen molar-refractivity contribution >= 4 is 22.8 Å². The summed E-state index contributed by atoms with van der Waals surface area (Å²) in [7, 11) is 0. The molecule has 3 aromatic heterocycles. The van der Waals surface area contributed by atoms with Crippen LogP contribution in [0.3, 0.4) is 0 Å². The van der Waals surface area contributed by atoms with Gasteiger partial charge in [-0.1, -0.05) is 6.92 Å². The number of piperazine rings is 1. The number of nitrogens with one attached hydrogen (secondary N) is 1. The first-order valence-corrected chi connectivity index (χ1v) is 13.3. The number of hydrogen-bond acceptors (Lipinski definition) is 8. The van der Waals surface area contributed by atoms with Crippen molar-refractivity contribution in [2.75, 3.05) is 44.6 Å². The van der Waals surface area contributed by atoms with Crippen molar-refractivity contribution in [2.24, 2.45) is 0 Å². The number of nitrogens with zero attached hydrogens (tertiary/aromatic N) is 7. The summed E-state index contributed by atoms with van der Waals surface area (Å²) in [5.41, 5.74) is 1.75. The fourth-order valence-electron chi connectivity index (χ4n) is 5.53. The monoisotopic (exact) mass is 534 g/mol. The number of halogens is 2. The van der Waals surface area contributed by atoms with Gasteiger partial charge in [-0.15, -0.1) is 0 Å². The van der Waals surface area contributed by atoms with Gasteiger partial charge in [0.05, 0.1) is 18.3 Å². The van der Waals surface area contributed by atoms with E-state index in [2.05, 4.69) is 42.0 Å². The van der Waals surface area contributed by atoms with Gasteiger partial charge in [0, 0.05) is 49.5 Å². The van der Waals surface area contributed by atoms with Crippen LogP contribution in [-0.4, -0.2) is 73.6 Å². The van der Waals surface area contributed by atoms with Crippen LogP contribution in [-0.2, 0) is 10.5 Å². The van der Waals surface area contributed by atoms with Crippen molar-refractivity contribution in [3.05, 3.63) is 59.7 Å². The molecule has 2 fully saturated rings. The van der Waals surface area contributed by atoms with E-state index >= 15 is 0 Å². The number of anilines is 2. The molecule has 6 rings (SSSR count). The minimum absolute atomic E-state index is 0.00404. The second-order valence-corrected chi connectivity index (χ2v) is 10.4. The molecule has 0 saturated carbocycles. The fourth-order valence-corrected chi connectivity index (χ4v) is 5.53. The third-order valence-corrected chi connectivity index (χ3v) is 7.66. The lowest BCUT2D eigenvalue weighted by Crippen LogP contribution is -2.50. The molecule has 1 atom stereocenters. The number of likely N-dealkylation sites (N-methyl/N-ethyl adjacent to an activating group) is 1. The molecule has 0 spiro atoms. The van der Waals surface area contributed by atoms with Gasteiger partial charge in [0.2, 0.25) is 5.95 Å². The number of aromatic nitrogens is 5. The molecule has 39 heavy (non-hydrogen) atoms. The number of rotatable bonds is 7. The molecule has 4 aromatic rings. The molecule has 11 heteroatoms. The quantitative estimate of drug-likeness (QED) is 0.344. The van der Waals surface area contributed by atoms with E-state index in [9.17, 15) is 8.78 Å². The highest BCUT2D eigenvalue weighted by Crippen LogP contribution is 2.42. The lowest BCUT2D eigenvalue weighted by atomic mass is 10.1. The average Bonchev–Trinajstić information content (AvgIpc) is 3.66. The number of imidazole rings is 1. The van der Waals surface area contributed by atoms with Crippen LogP contribution in [0.5, 0.6) is 0 Å². The number of epoxide rings is 1. The summed E-state index contributed by atoms with van der Waals surface area (Å²) in [5, 5.41) is 3.05. The maximum Gasteiger partial charge on any atom is 0.229 e. The number of benzene rings is 1. The molecule has 0 amide bonds. The molecule has 2 aliphatic rings. The van der Waals surface area contributed by atoms with Gasteiger partial charge in [-0.25, -0.2) is 28.7 Å². The van der Waals surface area contributed by atoms with Gasteiger partial charge in [-0.2, -0.15) is 0 Å². The van der Waals surface area contributed by atoms with Crippen LogP contribution < -0.4 is 5.32 Å². The van der Waals surface area contributed by atoms with Crippen LogP contribution in [0.4, 0.5) is 20.5 Å². The number of ether oxygens (including phenoxy) is 1. The topological polar surface area (TPSA) is 87.5 Å². The highest BCUT2D eigenvalue weighted by atomic mass is 19.1. The van der Waals surface area contributed by atoms with Crippen molar-refractivity contribution in [3.63, 3.8) is 0 Å². The lowest BCUT2D eigenvalue weighted by Gasteiger charge is -2.37. The van der Waals surface area contributed by atoms with E-state index < -0.39 is 17.4 Å². The number of aryl methyl sites for hydroxylation is 1. The zero-order valence-electron chi connectivity index (χ0n) is 22.6. The summed E-state index contributed by atoms with van der Waals surface area (Å²) in [6.07, 6.45) is 2.87. The Hall–Kier alpha value is -3.54. The van der Waals surface area contributed by atoms with E-state index in [0.717, 1.165) is 44.5 Å². The highest BCUT2D eigenvalue weighted by molar-refractivity contribution is 5.83. The summed E-state index contributed by atoms with van der Waals surface area (Å²) in [4.78, 5) is 22.2.